The van der Waals surface area contributed by atoms with E-state index < -0.39 is 41.0 Å². The molecule has 1 aliphatic heterocycles. The fourth-order valence-corrected chi connectivity index (χ4v) is 5.52. The lowest BCUT2D eigenvalue weighted by molar-refractivity contribution is -0.929. The van der Waals surface area contributed by atoms with Crippen LogP contribution in [0.5, 0.6) is 0 Å². The molecule has 0 radical (unpaired) electrons. The Morgan fingerprint density at radius 1 is 0.949 bits per heavy atom. The summed E-state index contributed by atoms with van der Waals surface area (Å²) in [6.45, 7) is 14.2. The van der Waals surface area contributed by atoms with Crippen molar-refractivity contribution in [1.29, 1.82) is 0 Å². The number of ether oxygens (including phenoxy) is 1. The number of nitrogens with one attached hydrogen (secondary N) is 1. The summed E-state index contributed by atoms with van der Waals surface area (Å²) >= 11 is 0. The van der Waals surface area contributed by atoms with Crippen molar-refractivity contribution in [2.45, 2.75) is 97.8 Å². The number of quaternary nitrogens is 1. The molecule has 1 saturated heterocycles. The number of rotatable bonds is 17. The highest BCUT2D eigenvalue weighted by molar-refractivity contribution is 7.84. The number of hydrogen-bond acceptors (Lipinski definition) is 7. The van der Waals surface area contributed by atoms with E-state index in [9.17, 15) is 22.6 Å². The minimum absolute atomic E-state index is 0.00482. The summed E-state index contributed by atoms with van der Waals surface area (Å²) in [7, 11) is -5.02. The lowest BCUT2D eigenvalue weighted by atomic mass is 10.0. The molecule has 1 heterocycles. The monoisotopic (exact) mass is 571 g/mol. The molecule has 0 spiro atoms. The minimum Gasteiger partial charge on any atom is -0.731 e. The van der Waals surface area contributed by atoms with Gasteiger partial charge < -0.3 is 24.2 Å². The molecule has 1 aliphatic rings. The average Bonchev–Trinajstić information content (AvgIpc) is 2.92. The van der Waals surface area contributed by atoms with Crippen molar-refractivity contribution in [2.75, 3.05) is 32.8 Å². The molecular formula is C28H49N3O7S. The zero-order valence-corrected chi connectivity index (χ0v) is 25.0. The summed E-state index contributed by atoms with van der Waals surface area (Å²) < 4.78 is 38.8. The fourth-order valence-electron chi connectivity index (χ4n) is 4.67. The van der Waals surface area contributed by atoms with Crippen LogP contribution in [0, 0.1) is 0 Å². The number of carbonyl (C=O) groups excluding carboxylic acids is 2. The van der Waals surface area contributed by atoms with Crippen molar-refractivity contribution in [1.82, 2.24) is 9.62 Å². The molecule has 2 N–H and O–H groups in total. The van der Waals surface area contributed by atoms with Crippen LogP contribution in [0.3, 0.4) is 0 Å². The second-order valence-corrected chi connectivity index (χ2v) is 11.4. The number of aliphatic hydroxyl groups is 1. The Balaban J connectivity index is 0.000000406. The van der Waals surface area contributed by atoms with E-state index >= 15 is 0 Å². The number of carbonyl (C=O) groups is 2. The molecule has 0 unspecified atom stereocenters. The topological polar surface area (TPSA) is 136 Å². The first-order valence-corrected chi connectivity index (χ1v) is 15.7. The first kappa shape index (κ1) is 34.8. The van der Waals surface area contributed by atoms with Gasteiger partial charge in [-0.2, -0.15) is 0 Å². The molecule has 0 saturated carbocycles. The molecule has 224 valence electrons. The van der Waals surface area contributed by atoms with Crippen molar-refractivity contribution in [3.8, 4) is 0 Å². The van der Waals surface area contributed by atoms with Gasteiger partial charge >= 0.3 is 6.09 Å². The summed E-state index contributed by atoms with van der Waals surface area (Å²) in [5, 5.41) is 11.2. The van der Waals surface area contributed by atoms with E-state index in [0.29, 0.717) is 0 Å². The maximum atomic E-state index is 11.6. The number of nitrogens with zero attached hydrogens (tertiary/aromatic N) is 2. The van der Waals surface area contributed by atoms with Gasteiger partial charge in [0.1, 0.15) is 12.6 Å². The Morgan fingerprint density at radius 2 is 1.41 bits per heavy atom. The molecule has 11 heteroatoms. The van der Waals surface area contributed by atoms with Gasteiger partial charge in [-0.05, 0) is 31.2 Å². The molecule has 39 heavy (non-hydrogen) atoms. The number of aliphatic hydroxyl groups excluding tert-OH is 1. The Labute approximate surface area is 235 Å². The maximum absolute atomic E-state index is 11.6. The van der Waals surface area contributed by atoms with E-state index in [4.69, 9.17) is 9.84 Å². The molecule has 1 fully saturated rings. The summed E-state index contributed by atoms with van der Waals surface area (Å²) in [5.74, 6) is -1.11. The van der Waals surface area contributed by atoms with Gasteiger partial charge in [0.2, 0.25) is 0 Å². The van der Waals surface area contributed by atoms with Crippen LogP contribution in [-0.2, 0) is 26.4 Å². The van der Waals surface area contributed by atoms with E-state index in [1.165, 1.54) is 82.0 Å². The highest BCUT2D eigenvalue weighted by Gasteiger charge is 2.51. The quantitative estimate of drug-likeness (QED) is 0.164. The van der Waals surface area contributed by atoms with Crippen LogP contribution in [0.15, 0.2) is 30.3 Å². The third-order valence-electron chi connectivity index (χ3n) is 7.03. The molecular weight excluding hydrogens is 522 g/mol. The molecule has 0 aliphatic carbocycles. The molecule has 10 nitrogen and oxygen atoms in total. The zero-order chi connectivity index (χ0) is 29.3. The van der Waals surface area contributed by atoms with Crippen LogP contribution in [0.4, 0.5) is 4.79 Å². The smallest absolute Gasteiger partial charge is 0.408 e. The summed E-state index contributed by atoms with van der Waals surface area (Å²) in [4.78, 5) is 23.1. The molecule has 2 atom stereocenters. The second kappa shape index (κ2) is 18.2. The summed E-state index contributed by atoms with van der Waals surface area (Å²) in [6.07, 6.45) is 10.1. The van der Waals surface area contributed by atoms with Crippen LogP contribution < -0.4 is 5.32 Å². The molecule has 2 rings (SSSR count). The van der Waals surface area contributed by atoms with E-state index in [2.05, 4.69) is 33.0 Å². The van der Waals surface area contributed by atoms with Crippen molar-refractivity contribution in [2.24, 2.45) is 0 Å². The Kier molecular flexibility index (Phi) is 16.2. The normalized spacial score (nSPS) is 17.2. The molecule has 2 amide bonds. The van der Waals surface area contributed by atoms with Crippen LogP contribution in [0.25, 0.3) is 0 Å². The summed E-state index contributed by atoms with van der Waals surface area (Å²) in [6, 6.07) is 6.13. The molecule has 1 aromatic rings. The third kappa shape index (κ3) is 11.8. The van der Waals surface area contributed by atoms with E-state index in [1.54, 1.807) is 30.3 Å². The molecule has 0 bridgehead atoms. The van der Waals surface area contributed by atoms with Crippen LogP contribution in [0.2, 0.25) is 0 Å². The predicted molar refractivity (Wildman–Crippen MR) is 150 cm³/mol. The average molecular weight is 572 g/mol. The highest BCUT2D eigenvalue weighted by atomic mass is 32.2. The van der Waals surface area contributed by atoms with Gasteiger partial charge in [0.05, 0.1) is 38.8 Å². The first-order valence-electron chi connectivity index (χ1n) is 14.3. The number of benzene rings is 1. The van der Waals surface area contributed by atoms with Gasteiger partial charge in [0.25, 0.3) is 5.91 Å². The zero-order valence-electron chi connectivity index (χ0n) is 24.1. The standard InChI is InChI=1S/C16H36N.C12H14N2O7S/c1-5-9-13-17(14-10-6-2,15-11-7-3)16-12-8-4;15-6-9-10(11(16)14(9)22(18,19)20)13-12(17)21-7-8-4-2-1-3-5-8/h5-16H2,1-4H3;1-5,9-10,15H,6-7H2,(H,13,17)(H,18,19,20)/q+1;/p-1/t;9-,10+/m.1/s1. The van der Waals surface area contributed by atoms with Gasteiger partial charge in [-0.3, -0.25) is 4.79 Å². The van der Waals surface area contributed by atoms with Crippen LogP contribution >= 0.6 is 0 Å². The van der Waals surface area contributed by atoms with Gasteiger partial charge in [0, 0.05) is 0 Å². The maximum Gasteiger partial charge on any atom is 0.408 e. The highest BCUT2D eigenvalue weighted by Crippen LogP contribution is 2.23. The largest absolute Gasteiger partial charge is 0.731 e. The van der Waals surface area contributed by atoms with Crippen LogP contribution in [-0.4, -0.2) is 83.7 Å². The summed E-state index contributed by atoms with van der Waals surface area (Å²) in [5.41, 5.74) is 0.722. The fraction of sp³-hybridized carbons (Fsp3) is 0.714. The van der Waals surface area contributed by atoms with Gasteiger partial charge in [0.15, 0.2) is 10.3 Å². The van der Waals surface area contributed by atoms with Gasteiger partial charge in [-0.1, -0.05) is 83.7 Å². The number of hydrogen-bond donors (Lipinski definition) is 2. The van der Waals surface area contributed by atoms with E-state index in [0.717, 1.165) is 5.56 Å². The van der Waals surface area contributed by atoms with Crippen LogP contribution in [0.1, 0.15) is 84.6 Å². The lowest BCUT2D eigenvalue weighted by Gasteiger charge is -2.46. The third-order valence-corrected chi connectivity index (χ3v) is 7.96. The van der Waals surface area contributed by atoms with Crippen molar-refractivity contribution >= 4 is 22.3 Å². The van der Waals surface area contributed by atoms with Crippen molar-refractivity contribution < 1.29 is 36.9 Å². The number of unbranched alkanes of at least 4 members (excludes halogenated alkanes) is 4. The Bertz CT molecular complexity index is 906. The second-order valence-electron chi connectivity index (χ2n) is 10.2. The van der Waals surface area contributed by atoms with E-state index in [-0.39, 0.29) is 10.9 Å². The number of alkyl carbamates (subject to hydrolysis) is 1. The minimum atomic E-state index is -5.02. The molecule has 0 aromatic heterocycles. The number of β-lactam (4-membered cyclic amide) rings is 1. The molecule has 1 aromatic carbocycles. The Hall–Kier alpha value is -2.21. The first-order chi connectivity index (χ1) is 18.6. The predicted octanol–water partition coefficient (Wildman–Crippen LogP) is 3.95. The van der Waals surface area contributed by atoms with Crippen molar-refractivity contribution in [3.63, 3.8) is 0 Å². The SMILES string of the molecule is CCCC[N+](CCCC)(CCCC)CCCC.O=C(N[C@@H]1C(=O)N(S(=O)(=O)[O-])[C@@H]1CO)OCc1ccccc1. The number of amides is 2. The van der Waals surface area contributed by atoms with Gasteiger partial charge in [-0.25, -0.2) is 17.5 Å². The lowest BCUT2D eigenvalue weighted by Crippen LogP contribution is -2.73. The van der Waals surface area contributed by atoms with Crippen molar-refractivity contribution in [3.05, 3.63) is 35.9 Å². The van der Waals surface area contributed by atoms with Gasteiger partial charge in [-0.15, -0.1) is 0 Å². The Morgan fingerprint density at radius 3 is 1.79 bits per heavy atom. The van der Waals surface area contributed by atoms with E-state index in [1.807, 2.05) is 0 Å².